The average molecular weight is 300 g/mol. The van der Waals surface area contributed by atoms with Crippen molar-refractivity contribution in [2.24, 2.45) is 0 Å². The minimum Gasteiger partial charge on any atom is -0.494 e. The Morgan fingerprint density at radius 2 is 1.82 bits per heavy atom. The van der Waals surface area contributed by atoms with Gasteiger partial charge in [-0.25, -0.2) is 0 Å². The zero-order valence-corrected chi connectivity index (χ0v) is 12.8. The molecule has 1 aromatic carbocycles. The van der Waals surface area contributed by atoms with Gasteiger partial charge in [0.15, 0.2) is 0 Å². The number of hydrogen-bond acceptors (Lipinski definition) is 4. The molecule has 0 saturated carbocycles. The van der Waals surface area contributed by atoms with Gasteiger partial charge >= 0.3 is 0 Å². The van der Waals surface area contributed by atoms with Crippen LogP contribution in [0.5, 0.6) is 11.5 Å². The molecule has 1 N–H and O–H groups in total. The van der Waals surface area contributed by atoms with Crippen LogP contribution in [0.2, 0.25) is 0 Å². The van der Waals surface area contributed by atoms with E-state index in [1.165, 1.54) is 0 Å². The molecule has 1 aromatic heterocycles. The number of rotatable bonds is 7. The summed E-state index contributed by atoms with van der Waals surface area (Å²) in [4.78, 5) is 16.3. The minimum absolute atomic E-state index is 0.175. The van der Waals surface area contributed by atoms with E-state index in [1.807, 2.05) is 26.0 Å². The van der Waals surface area contributed by atoms with Gasteiger partial charge in [0.25, 0.3) is 5.91 Å². The Morgan fingerprint density at radius 3 is 2.36 bits per heavy atom. The second-order valence-corrected chi connectivity index (χ2v) is 4.60. The molecule has 5 heteroatoms. The van der Waals surface area contributed by atoms with Crippen LogP contribution in [-0.2, 0) is 6.54 Å². The number of aromatic nitrogens is 1. The van der Waals surface area contributed by atoms with Crippen molar-refractivity contribution in [1.29, 1.82) is 0 Å². The SMILES string of the molecule is CCOc1cc(OCC)cc(C(=O)NCc2cccnc2)c1. The van der Waals surface area contributed by atoms with Crippen LogP contribution >= 0.6 is 0 Å². The number of pyridine rings is 1. The molecule has 2 aromatic rings. The third kappa shape index (κ3) is 4.48. The Bertz CT molecular complexity index is 590. The van der Waals surface area contributed by atoms with Crippen molar-refractivity contribution < 1.29 is 14.3 Å². The van der Waals surface area contributed by atoms with E-state index in [2.05, 4.69) is 10.3 Å². The Labute approximate surface area is 130 Å². The van der Waals surface area contributed by atoms with E-state index in [1.54, 1.807) is 30.6 Å². The van der Waals surface area contributed by atoms with E-state index in [0.717, 1.165) is 5.56 Å². The van der Waals surface area contributed by atoms with Gasteiger partial charge in [0.2, 0.25) is 0 Å². The maximum absolute atomic E-state index is 12.3. The molecule has 0 radical (unpaired) electrons. The standard InChI is InChI=1S/C17H20N2O3/c1-3-21-15-8-14(9-16(10-15)22-4-2)17(20)19-12-13-6-5-7-18-11-13/h5-11H,3-4,12H2,1-2H3,(H,19,20). The van der Waals surface area contributed by atoms with Crippen LogP contribution in [0.1, 0.15) is 29.8 Å². The van der Waals surface area contributed by atoms with E-state index in [0.29, 0.717) is 36.8 Å². The molecule has 0 atom stereocenters. The molecule has 0 fully saturated rings. The van der Waals surface area contributed by atoms with Gasteiger partial charge in [-0.1, -0.05) is 6.07 Å². The lowest BCUT2D eigenvalue weighted by Crippen LogP contribution is -2.23. The summed E-state index contributed by atoms with van der Waals surface area (Å²) >= 11 is 0. The fourth-order valence-corrected chi connectivity index (χ4v) is 1.99. The molecular formula is C17H20N2O3. The van der Waals surface area contributed by atoms with Gasteiger partial charge in [0.05, 0.1) is 13.2 Å². The largest absolute Gasteiger partial charge is 0.494 e. The molecule has 1 amide bonds. The second-order valence-electron chi connectivity index (χ2n) is 4.60. The van der Waals surface area contributed by atoms with Crippen LogP contribution in [0, 0.1) is 0 Å². The number of carbonyl (C=O) groups is 1. The number of amides is 1. The Kier molecular flexibility index (Phi) is 5.77. The Hall–Kier alpha value is -2.56. The third-order valence-corrected chi connectivity index (χ3v) is 2.94. The molecule has 116 valence electrons. The number of nitrogens with one attached hydrogen (secondary N) is 1. The highest BCUT2D eigenvalue weighted by molar-refractivity contribution is 5.95. The maximum atomic E-state index is 12.3. The molecule has 0 aliphatic heterocycles. The first-order valence-electron chi connectivity index (χ1n) is 7.30. The van der Waals surface area contributed by atoms with Crippen LogP contribution < -0.4 is 14.8 Å². The highest BCUT2D eigenvalue weighted by Crippen LogP contribution is 2.23. The topological polar surface area (TPSA) is 60.5 Å². The van der Waals surface area contributed by atoms with Crippen LogP contribution in [0.25, 0.3) is 0 Å². The van der Waals surface area contributed by atoms with E-state index < -0.39 is 0 Å². The average Bonchev–Trinajstić information content (AvgIpc) is 2.54. The summed E-state index contributed by atoms with van der Waals surface area (Å²) in [6.07, 6.45) is 3.42. The molecule has 0 aliphatic rings. The Morgan fingerprint density at radius 1 is 1.14 bits per heavy atom. The lowest BCUT2D eigenvalue weighted by molar-refractivity contribution is 0.0950. The zero-order valence-electron chi connectivity index (χ0n) is 12.8. The minimum atomic E-state index is -0.175. The zero-order chi connectivity index (χ0) is 15.8. The summed E-state index contributed by atoms with van der Waals surface area (Å²) in [6.45, 7) is 5.29. The van der Waals surface area contributed by atoms with Gasteiger partial charge in [-0.05, 0) is 37.6 Å². The summed E-state index contributed by atoms with van der Waals surface area (Å²) < 4.78 is 11.0. The number of nitrogens with zero attached hydrogens (tertiary/aromatic N) is 1. The number of benzene rings is 1. The van der Waals surface area contributed by atoms with Gasteiger partial charge in [0.1, 0.15) is 11.5 Å². The van der Waals surface area contributed by atoms with Gasteiger partial charge in [-0.3, -0.25) is 9.78 Å². The van der Waals surface area contributed by atoms with Crippen molar-refractivity contribution in [2.45, 2.75) is 20.4 Å². The van der Waals surface area contributed by atoms with Crippen molar-refractivity contribution in [3.63, 3.8) is 0 Å². The predicted octanol–water partition coefficient (Wildman–Crippen LogP) is 2.81. The molecule has 2 rings (SSSR count). The fourth-order valence-electron chi connectivity index (χ4n) is 1.99. The molecule has 0 saturated heterocycles. The normalized spacial score (nSPS) is 10.1. The summed E-state index contributed by atoms with van der Waals surface area (Å²) in [6, 6.07) is 8.96. The number of ether oxygens (including phenoxy) is 2. The molecule has 5 nitrogen and oxygen atoms in total. The lowest BCUT2D eigenvalue weighted by atomic mass is 10.1. The smallest absolute Gasteiger partial charge is 0.251 e. The summed E-state index contributed by atoms with van der Waals surface area (Å²) in [5, 5.41) is 2.86. The third-order valence-electron chi connectivity index (χ3n) is 2.94. The first kappa shape index (κ1) is 15.8. The summed E-state index contributed by atoms with van der Waals surface area (Å²) in [7, 11) is 0. The molecule has 22 heavy (non-hydrogen) atoms. The highest BCUT2D eigenvalue weighted by Gasteiger charge is 2.10. The monoisotopic (exact) mass is 300 g/mol. The number of hydrogen-bond donors (Lipinski definition) is 1. The van der Waals surface area contributed by atoms with Gasteiger partial charge < -0.3 is 14.8 Å². The van der Waals surface area contributed by atoms with Crippen LogP contribution in [0.4, 0.5) is 0 Å². The van der Waals surface area contributed by atoms with Gasteiger partial charge in [-0.2, -0.15) is 0 Å². The first-order chi connectivity index (χ1) is 10.7. The van der Waals surface area contributed by atoms with E-state index in [4.69, 9.17) is 9.47 Å². The van der Waals surface area contributed by atoms with Crippen LogP contribution in [0.15, 0.2) is 42.7 Å². The molecule has 0 aliphatic carbocycles. The lowest BCUT2D eigenvalue weighted by Gasteiger charge is -2.11. The molecular weight excluding hydrogens is 280 g/mol. The van der Waals surface area contributed by atoms with E-state index in [-0.39, 0.29) is 5.91 Å². The number of carbonyl (C=O) groups excluding carboxylic acids is 1. The summed E-state index contributed by atoms with van der Waals surface area (Å²) in [5.74, 6) is 1.08. The van der Waals surface area contributed by atoms with Crippen molar-refractivity contribution >= 4 is 5.91 Å². The molecule has 0 bridgehead atoms. The van der Waals surface area contributed by atoms with Crippen molar-refractivity contribution in [3.8, 4) is 11.5 Å². The fraction of sp³-hybridized carbons (Fsp3) is 0.294. The quantitative estimate of drug-likeness (QED) is 0.854. The van der Waals surface area contributed by atoms with E-state index in [9.17, 15) is 4.79 Å². The highest BCUT2D eigenvalue weighted by atomic mass is 16.5. The van der Waals surface area contributed by atoms with Crippen LogP contribution in [0.3, 0.4) is 0 Å². The predicted molar refractivity (Wildman–Crippen MR) is 84.2 cm³/mol. The van der Waals surface area contributed by atoms with Gasteiger partial charge in [0, 0.05) is 30.6 Å². The van der Waals surface area contributed by atoms with E-state index >= 15 is 0 Å². The first-order valence-corrected chi connectivity index (χ1v) is 7.30. The van der Waals surface area contributed by atoms with Gasteiger partial charge in [-0.15, -0.1) is 0 Å². The van der Waals surface area contributed by atoms with Crippen molar-refractivity contribution in [1.82, 2.24) is 10.3 Å². The Balaban J connectivity index is 2.10. The maximum Gasteiger partial charge on any atom is 0.251 e. The van der Waals surface area contributed by atoms with Crippen molar-refractivity contribution in [2.75, 3.05) is 13.2 Å². The molecule has 0 unspecified atom stereocenters. The molecule has 1 heterocycles. The second kappa shape index (κ2) is 8.02. The summed E-state index contributed by atoms with van der Waals surface area (Å²) in [5.41, 5.74) is 1.46. The van der Waals surface area contributed by atoms with Crippen molar-refractivity contribution in [3.05, 3.63) is 53.9 Å². The van der Waals surface area contributed by atoms with Crippen LogP contribution in [-0.4, -0.2) is 24.1 Å². The molecule has 0 spiro atoms.